The highest BCUT2D eigenvalue weighted by Crippen LogP contribution is 2.54. The number of hydrogen-bond donors (Lipinski definition) is 0. The molecule has 0 aliphatic rings. The van der Waals surface area contributed by atoms with Gasteiger partial charge in [0.25, 0.3) is 0 Å². The summed E-state index contributed by atoms with van der Waals surface area (Å²) in [4.78, 5) is 16.7. The first kappa shape index (κ1) is 38.1. The average Bonchev–Trinajstić information content (AvgIpc) is 4.04. The first-order valence-electron chi connectivity index (χ1n) is 19.4. The van der Waals surface area contributed by atoms with Gasteiger partial charge in [-0.2, -0.15) is 10.5 Å². The van der Waals surface area contributed by atoms with Crippen molar-refractivity contribution >= 4 is 65.5 Å². The normalized spacial score (nSPS) is 12.6. The molecule has 7 aromatic rings. The van der Waals surface area contributed by atoms with Gasteiger partial charge in [0.15, 0.2) is 0 Å². The van der Waals surface area contributed by atoms with E-state index in [1.165, 1.54) is 102 Å². The van der Waals surface area contributed by atoms with E-state index in [0.717, 1.165) is 33.7 Å². The van der Waals surface area contributed by atoms with Crippen LogP contribution in [0, 0.1) is 34.5 Å². The van der Waals surface area contributed by atoms with E-state index < -0.39 is 0 Å². The Morgan fingerprint density at radius 1 is 0.556 bits per heavy atom. The highest BCUT2D eigenvalue weighted by molar-refractivity contribution is 7.26. The standard InChI is InChI=1S/C46H46N4S4/c1-5-9-11-29(7-3)21-35-17-19-39(51-35)43-37-23-41(31-13-15-33(25-47)49-27-31)54-46(37)44(40-20-18-36(52-40)22-30(8-4)12-10-6-2)38-24-42(53-45(38)43)32-14-16-34(26-48)50-28-32/h13-20,23-24,27-30H,5-12,21-22H2,1-4H3. The number of benzene rings is 1. The summed E-state index contributed by atoms with van der Waals surface area (Å²) in [5.41, 5.74) is 5.51. The van der Waals surface area contributed by atoms with Gasteiger partial charge < -0.3 is 0 Å². The van der Waals surface area contributed by atoms with Crippen LogP contribution in [0.2, 0.25) is 0 Å². The van der Waals surface area contributed by atoms with Crippen molar-refractivity contribution in [2.45, 2.75) is 91.9 Å². The minimum absolute atomic E-state index is 0.428. The lowest BCUT2D eigenvalue weighted by atomic mass is 9.95. The number of unbranched alkanes of at least 4 members (excludes halogenated alkanes) is 2. The van der Waals surface area contributed by atoms with Crippen LogP contribution in [-0.2, 0) is 12.8 Å². The lowest BCUT2D eigenvalue weighted by Gasteiger charge is -2.13. The molecule has 2 atom stereocenters. The molecule has 0 bridgehead atoms. The van der Waals surface area contributed by atoms with Crippen LogP contribution in [0.1, 0.15) is 100 Å². The molecule has 0 amide bonds. The van der Waals surface area contributed by atoms with Gasteiger partial charge in [-0.05, 0) is 85.3 Å². The first-order chi connectivity index (χ1) is 26.5. The second kappa shape index (κ2) is 17.5. The molecule has 0 aliphatic carbocycles. The van der Waals surface area contributed by atoms with Crippen molar-refractivity contribution in [2.24, 2.45) is 11.8 Å². The molecule has 274 valence electrons. The Hall–Kier alpha value is -4.18. The molecular formula is C46H46N4S4. The number of pyridine rings is 2. The van der Waals surface area contributed by atoms with E-state index in [2.05, 4.69) is 86.2 Å². The minimum atomic E-state index is 0.428. The Balaban J connectivity index is 1.45. The van der Waals surface area contributed by atoms with Crippen molar-refractivity contribution in [2.75, 3.05) is 0 Å². The largest absolute Gasteiger partial charge is 0.245 e. The van der Waals surface area contributed by atoms with Crippen LogP contribution in [0.5, 0.6) is 0 Å². The molecule has 0 N–H and O–H groups in total. The summed E-state index contributed by atoms with van der Waals surface area (Å²) in [5.74, 6) is 1.41. The fraction of sp³-hybridized carbons (Fsp3) is 0.348. The monoisotopic (exact) mass is 782 g/mol. The Morgan fingerprint density at radius 2 is 1.00 bits per heavy atom. The summed E-state index contributed by atoms with van der Waals surface area (Å²) in [6.07, 6.45) is 16.0. The first-order valence-corrected chi connectivity index (χ1v) is 22.7. The van der Waals surface area contributed by atoms with Gasteiger partial charge in [0.1, 0.15) is 23.5 Å². The molecule has 54 heavy (non-hydrogen) atoms. The SMILES string of the molecule is CCCCC(CC)Cc1ccc(-c2c3cc(-c4ccc(C#N)nc4)sc3c(-c3ccc(CC(CC)CCCC)s3)c3cc(-c4ccc(C#N)nc4)sc23)s1. The van der Waals surface area contributed by atoms with Crippen molar-refractivity contribution in [3.8, 4) is 53.9 Å². The van der Waals surface area contributed by atoms with E-state index in [4.69, 9.17) is 0 Å². The molecule has 0 spiro atoms. The Kier molecular flexibility index (Phi) is 12.4. The van der Waals surface area contributed by atoms with Gasteiger partial charge in [-0.1, -0.05) is 79.1 Å². The predicted molar refractivity (Wildman–Crippen MR) is 234 cm³/mol. The molecular weight excluding hydrogens is 737 g/mol. The molecule has 6 aromatic heterocycles. The zero-order valence-electron chi connectivity index (χ0n) is 31.6. The number of fused-ring (bicyclic) bond motifs is 2. The van der Waals surface area contributed by atoms with Crippen molar-refractivity contribution in [3.05, 3.63) is 94.2 Å². The molecule has 0 fully saturated rings. The second-order valence-electron chi connectivity index (χ2n) is 14.3. The van der Waals surface area contributed by atoms with Gasteiger partial charge in [0.05, 0.1) is 0 Å². The lowest BCUT2D eigenvalue weighted by Crippen LogP contribution is -2.01. The van der Waals surface area contributed by atoms with Gasteiger partial charge in [-0.15, -0.1) is 45.3 Å². The average molecular weight is 783 g/mol. The maximum atomic E-state index is 9.46. The van der Waals surface area contributed by atoms with Crippen LogP contribution >= 0.6 is 45.3 Å². The fourth-order valence-electron chi connectivity index (χ4n) is 7.45. The third-order valence-corrected chi connectivity index (χ3v) is 15.3. The molecule has 0 radical (unpaired) electrons. The lowest BCUT2D eigenvalue weighted by molar-refractivity contribution is 0.452. The number of nitriles is 2. The highest BCUT2D eigenvalue weighted by atomic mass is 32.1. The minimum Gasteiger partial charge on any atom is -0.245 e. The molecule has 0 aliphatic heterocycles. The number of aromatic nitrogens is 2. The number of hydrogen-bond acceptors (Lipinski definition) is 8. The Labute approximate surface area is 335 Å². The van der Waals surface area contributed by atoms with Crippen molar-refractivity contribution in [1.29, 1.82) is 10.5 Å². The fourth-order valence-corrected chi connectivity index (χ4v) is 12.4. The zero-order chi connectivity index (χ0) is 37.6. The van der Waals surface area contributed by atoms with Crippen LogP contribution in [0.15, 0.2) is 73.1 Å². The van der Waals surface area contributed by atoms with E-state index >= 15 is 0 Å². The highest BCUT2D eigenvalue weighted by Gasteiger charge is 2.25. The van der Waals surface area contributed by atoms with Gasteiger partial charge in [0.2, 0.25) is 0 Å². The van der Waals surface area contributed by atoms with E-state index in [0.29, 0.717) is 23.2 Å². The maximum absolute atomic E-state index is 9.46. The third kappa shape index (κ3) is 8.09. The van der Waals surface area contributed by atoms with Gasteiger partial charge in [-0.3, -0.25) is 0 Å². The molecule has 0 saturated carbocycles. The molecule has 7 rings (SSSR count). The van der Waals surface area contributed by atoms with Crippen LogP contribution in [-0.4, -0.2) is 9.97 Å². The summed E-state index contributed by atoms with van der Waals surface area (Å²) in [6.45, 7) is 9.24. The predicted octanol–water partition coefficient (Wildman–Crippen LogP) is 15.0. The van der Waals surface area contributed by atoms with Gasteiger partial charge >= 0.3 is 0 Å². The zero-order valence-corrected chi connectivity index (χ0v) is 34.8. The van der Waals surface area contributed by atoms with Crippen LogP contribution < -0.4 is 0 Å². The van der Waals surface area contributed by atoms with E-state index in [9.17, 15) is 10.5 Å². The molecule has 6 heterocycles. The topological polar surface area (TPSA) is 73.4 Å². The molecule has 4 nitrogen and oxygen atoms in total. The summed E-state index contributed by atoms with van der Waals surface area (Å²) < 4.78 is 2.57. The van der Waals surface area contributed by atoms with Crippen LogP contribution in [0.4, 0.5) is 0 Å². The maximum Gasteiger partial charge on any atom is 0.140 e. The molecule has 1 aromatic carbocycles. The summed E-state index contributed by atoms with van der Waals surface area (Å²) in [6, 6.07) is 26.2. The van der Waals surface area contributed by atoms with Crippen molar-refractivity contribution in [1.82, 2.24) is 9.97 Å². The van der Waals surface area contributed by atoms with Crippen molar-refractivity contribution < 1.29 is 0 Å². The van der Waals surface area contributed by atoms with Gasteiger partial charge in [0, 0.05) is 84.1 Å². The van der Waals surface area contributed by atoms with E-state index in [-0.39, 0.29) is 0 Å². The van der Waals surface area contributed by atoms with Crippen LogP contribution in [0.3, 0.4) is 0 Å². The van der Waals surface area contributed by atoms with Crippen molar-refractivity contribution in [3.63, 3.8) is 0 Å². The summed E-state index contributed by atoms with van der Waals surface area (Å²) in [7, 11) is 0. The van der Waals surface area contributed by atoms with E-state index in [1.54, 1.807) is 0 Å². The number of rotatable bonds is 16. The molecule has 2 unspecified atom stereocenters. The number of nitrogens with zero attached hydrogens (tertiary/aromatic N) is 4. The number of thiophene rings is 4. The van der Waals surface area contributed by atoms with Gasteiger partial charge in [-0.25, -0.2) is 9.97 Å². The Bertz CT molecular complexity index is 2200. The quantitative estimate of drug-likeness (QED) is 0.0978. The molecule has 8 heteroatoms. The smallest absolute Gasteiger partial charge is 0.140 e. The molecule has 0 saturated heterocycles. The summed E-state index contributed by atoms with van der Waals surface area (Å²) in [5, 5.41) is 21.5. The van der Waals surface area contributed by atoms with Crippen LogP contribution in [0.25, 0.3) is 61.9 Å². The summed E-state index contributed by atoms with van der Waals surface area (Å²) >= 11 is 7.57. The van der Waals surface area contributed by atoms with E-state index in [1.807, 2.05) is 82.0 Å². The Morgan fingerprint density at radius 3 is 1.35 bits per heavy atom. The second-order valence-corrected chi connectivity index (χ2v) is 18.8. The third-order valence-electron chi connectivity index (χ3n) is 10.7.